The molecule has 0 aromatic carbocycles. The largest absolute Gasteiger partial charge is 0.343 e. The summed E-state index contributed by atoms with van der Waals surface area (Å²) in [7, 11) is 0. The highest BCUT2D eigenvalue weighted by molar-refractivity contribution is 5.73. The molecule has 1 aliphatic carbocycles. The van der Waals surface area contributed by atoms with E-state index in [9.17, 15) is 4.79 Å². The highest BCUT2D eigenvalue weighted by atomic mass is 16.2. The number of carbonyl (C=O) groups excluding carboxylic acids is 1. The lowest BCUT2D eigenvalue weighted by Gasteiger charge is -2.32. The van der Waals surface area contributed by atoms with E-state index < -0.39 is 0 Å². The maximum atomic E-state index is 11.6. The number of amides is 1. The van der Waals surface area contributed by atoms with Gasteiger partial charge in [-0.1, -0.05) is 0 Å². The normalized spacial score (nSPS) is 18.6. The minimum atomic E-state index is 0.171. The Bertz CT molecular complexity index is 734. The number of hydrogen-bond donors (Lipinski definition) is 0. The Morgan fingerprint density at radius 2 is 1.79 bits per heavy atom. The maximum absolute atomic E-state index is 11.6. The Hall–Kier alpha value is -2.30. The van der Waals surface area contributed by atoms with Crippen molar-refractivity contribution >= 4 is 5.91 Å². The molecule has 124 valence electrons. The Morgan fingerprint density at radius 1 is 1.08 bits per heavy atom. The molecule has 0 bridgehead atoms. The topological polar surface area (TPSA) is 59.0 Å². The second kappa shape index (κ2) is 6.30. The molecular formula is C19H22N4O. The van der Waals surface area contributed by atoms with Gasteiger partial charge in [0.1, 0.15) is 5.82 Å². The van der Waals surface area contributed by atoms with Gasteiger partial charge >= 0.3 is 0 Å². The van der Waals surface area contributed by atoms with E-state index in [2.05, 4.69) is 9.97 Å². The average molecular weight is 322 g/mol. The lowest BCUT2D eigenvalue weighted by atomic mass is 9.89. The highest BCUT2D eigenvalue weighted by Gasteiger charge is 2.30. The third kappa shape index (κ3) is 3.03. The zero-order valence-corrected chi connectivity index (χ0v) is 14.0. The molecule has 0 radical (unpaired) electrons. The van der Waals surface area contributed by atoms with Crippen LogP contribution in [0.2, 0.25) is 0 Å². The lowest BCUT2D eigenvalue weighted by Crippen LogP contribution is -2.36. The van der Waals surface area contributed by atoms with E-state index in [0.717, 1.165) is 48.6 Å². The van der Waals surface area contributed by atoms with Crippen LogP contribution in [0.15, 0.2) is 30.7 Å². The van der Waals surface area contributed by atoms with Crippen LogP contribution >= 0.6 is 0 Å². The van der Waals surface area contributed by atoms with Crippen LogP contribution in [0, 0.1) is 0 Å². The molecule has 2 fully saturated rings. The minimum absolute atomic E-state index is 0.171. The van der Waals surface area contributed by atoms with E-state index in [1.165, 1.54) is 12.8 Å². The minimum Gasteiger partial charge on any atom is -0.343 e. The third-order valence-corrected chi connectivity index (χ3v) is 5.10. The molecule has 2 aromatic heterocycles. The maximum Gasteiger partial charge on any atom is 0.219 e. The molecule has 1 amide bonds. The number of rotatable bonds is 3. The predicted octanol–water partition coefficient (Wildman–Crippen LogP) is 3.14. The van der Waals surface area contributed by atoms with Gasteiger partial charge in [-0.25, -0.2) is 9.97 Å². The number of pyridine rings is 1. The van der Waals surface area contributed by atoms with Gasteiger partial charge in [0.15, 0.2) is 0 Å². The number of nitrogens with zero attached hydrogens (tertiary/aromatic N) is 4. The third-order valence-electron chi connectivity index (χ3n) is 5.10. The summed E-state index contributed by atoms with van der Waals surface area (Å²) in [4.78, 5) is 27.2. The zero-order valence-electron chi connectivity index (χ0n) is 14.0. The van der Waals surface area contributed by atoms with Crippen molar-refractivity contribution in [2.75, 3.05) is 13.1 Å². The van der Waals surface area contributed by atoms with Crippen molar-refractivity contribution in [1.29, 1.82) is 0 Å². The van der Waals surface area contributed by atoms with E-state index >= 15 is 0 Å². The number of piperidine rings is 1. The quantitative estimate of drug-likeness (QED) is 0.871. The molecule has 0 N–H and O–H groups in total. The smallest absolute Gasteiger partial charge is 0.219 e. The summed E-state index contributed by atoms with van der Waals surface area (Å²) in [5.41, 5.74) is 3.39. The first kappa shape index (κ1) is 15.2. The van der Waals surface area contributed by atoms with Gasteiger partial charge in [0, 0.05) is 56.0 Å². The van der Waals surface area contributed by atoms with E-state index in [0.29, 0.717) is 11.8 Å². The van der Waals surface area contributed by atoms with Crippen LogP contribution in [0.3, 0.4) is 0 Å². The summed E-state index contributed by atoms with van der Waals surface area (Å²) in [6, 6.07) is 4.04. The Kier molecular flexibility index (Phi) is 4.00. The van der Waals surface area contributed by atoms with Crippen LogP contribution in [-0.4, -0.2) is 38.8 Å². The Morgan fingerprint density at radius 3 is 2.42 bits per heavy atom. The van der Waals surface area contributed by atoms with Crippen LogP contribution in [0.5, 0.6) is 0 Å². The number of hydrogen-bond acceptors (Lipinski definition) is 4. The molecule has 24 heavy (non-hydrogen) atoms. The zero-order chi connectivity index (χ0) is 16.5. The molecule has 5 nitrogen and oxygen atoms in total. The number of likely N-dealkylation sites (tertiary alicyclic amines) is 1. The van der Waals surface area contributed by atoms with Crippen molar-refractivity contribution in [3.63, 3.8) is 0 Å². The summed E-state index contributed by atoms with van der Waals surface area (Å²) < 4.78 is 0. The van der Waals surface area contributed by atoms with Crippen LogP contribution in [0.4, 0.5) is 0 Å². The van der Waals surface area contributed by atoms with Gasteiger partial charge in [0.25, 0.3) is 0 Å². The number of carbonyl (C=O) groups is 1. The summed E-state index contributed by atoms with van der Waals surface area (Å²) in [6.07, 6.45) is 9.96. The lowest BCUT2D eigenvalue weighted by molar-refractivity contribution is -0.129. The van der Waals surface area contributed by atoms with Gasteiger partial charge < -0.3 is 4.90 Å². The fraction of sp³-hybridized carbons (Fsp3) is 0.474. The molecule has 1 saturated heterocycles. The van der Waals surface area contributed by atoms with Crippen LogP contribution in [0.25, 0.3) is 11.1 Å². The van der Waals surface area contributed by atoms with E-state index in [-0.39, 0.29) is 5.91 Å². The van der Waals surface area contributed by atoms with Crippen LogP contribution in [-0.2, 0) is 4.79 Å². The average Bonchev–Trinajstić information content (AvgIpc) is 3.47. The van der Waals surface area contributed by atoms with Gasteiger partial charge in [-0.05, 0) is 43.4 Å². The van der Waals surface area contributed by atoms with E-state index in [4.69, 9.17) is 4.98 Å². The molecule has 0 spiro atoms. The molecule has 0 atom stereocenters. The van der Waals surface area contributed by atoms with Crippen molar-refractivity contribution in [3.8, 4) is 11.1 Å². The summed E-state index contributed by atoms with van der Waals surface area (Å²) >= 11 is 0. The molecule has 4 rings (SSSR count). The molecule has 3 heterocycles. The molecule has 2 aliphatic rings. The van der Waals surface area contributed by atoms with Gasteiger partial charge in [-0.2, -0.15) is 0 Å². The van der Waals surface area contributed by atoms with Gasteiger partial charge in [0.05, 0.1) is 5.69 Å². The van der Waals surface area contributed by atoms with Crippen molar-refractivity contribution in [1.82, 2.24) is 19.9 Å². The molecule has 0 unspecified atom stereocenters. The monoisotopic (exact) mass is 322 g/mol. The molecule has 5 heteroatoms. The molecular weight excluding hydrogens is 300 g/mol. The first-order valence-corrected chi connectivity index (χ1v) is 8.75. The van der Waals surface area contributed by atoms with Gasteiger partial charge in [-0.3, -0.25) is 9.78 Å². The van der Waals surface area contributed by atoms with E-state index in [1.807, 2.05) is 35.6 Å². The van der Waals surface area contributed by atoms with Crippen LogP contribution in [0.1, 0.15) is 56.0 Å². The fourth-order valence-electron chi connectivity index (χ4n) is 3.48. The van der Waals surface area contributed by atoms with Gasteiger partial charge in [-0.15, -0.1) is 0 Å². The van der Waals surface area contributed by atoms with Crippen molar-refractivity contribution in [3.05, 3.63) is 42.2 Å². The Balaban J connectivity index is 1.67. The van der Waals surface area contributed by atoms with Crippen molar-refractivity contribution < 1.29 is 4.79 Å². The number of aromatic nitrogens is 3. The summed E-state index contributed by atoms with van der Waals surface area (Å²) in [5.74, 6) is 2.11. The van der Waals surface area contributed by atoms with Crippen molar-refractivity contribution in [2.45, 2.75) is 44.4 Å². The first-order chi connectivity index (χ1) is 11.7. The molecule has 2 aromatic rings. The summed E-state index contributed by atoms with van der Waals surface area (Å²) in [5, 5.41) is 0. The SMILES string of the molecule is CC(=O)N1CCC(c2nc(C3CC3)ncc2-c2ccncc2)CC1. The summed E-state index contributed by atoms with van der Waals surface area (Å²) in [6.45, 7) is 3.29. The highest BCUT2D eigenvalue weighted by Crippen LogP contribution is 2.40. The molecule has 1 aliphatic heterocycles. The van der Waals surface area contributed by atoms with E-state index in [1.54, 1.807) is 6.92 Å². The van der Waals surface area contributed by atoms with Crippen LogP contribution < -0.4 is 0 Å². The first-order valence-electron chi connectivity index (χ1n) is 8.75. The fourth-order valence-corrected chi connectivity index (χ4v) is 3.48. The second-order valence-electron chi connectivity index (χ2n) is 6.82. The standard InChI is InChI=1S/C19H22N4O/c1-13(24)23-10-6-15(7-11-23)18-17(14-4-8-20-9-5-14)12-21-19(22-18)16-2-3-16/h4-5,8-9,12,15-16H,2-3,6-7,10-11H2,1H3. The predicted molar refractivity (Wildman–Crippen MR) is 91.5 cm³/mol. The second-order valence-corrected chi connectivity index (χ2v) is 6.82. The van der Waals surface area contributed by atoms with Gasteiger partial charge in [0.2, 0.25) is 5.91 Å². The Labute approximate surface area is 142 Å². The van der Waals surface area contributed by atoms with Crippen molar-refractivity contribution in [2.24, 2.45) is 0 Å². The molecule has 1 saturated carbocycles.